The minimum absolute atomic E-state index is 0.242. The smallest absolute Gasteiger partial charge is 0.230 e. The highest BCUT2D eigenvalue weighted by Crippen LogP contribution is 2.29. The van der Waals surface area contributed by atoms with Gasteiger partial charge in [0.05, 0.1) is 5.75 Å². The molecule has 0 aromatic rings. The molecule has 1 aliphatic heterocycles. The Morgan fingerprint density at radius 3 is 2.69 bits per heavy atom. The first-order valence-corrected chi connectivity index (χ1v) is 6.39. The van der Waals surface area contributed by atoms with E-state index in [1.165, 1.54) is 32.1 Å². The van der Waals surface area contributed by atoms with E-state index in [0.717, 1.165) is 11.7 Å². The molecule has 1 saturated carbocycles. The maximum atomic E-state index is 11.2. The number of thioether (sulfide) groups is 1. The van der Waals surface area contributed by atoms with Gasteiger partial charge in [-0.05, 0) is 18.8 Å². The highest BCUT2D eigenvalue weighted by atomic mass is 32.2. The molecule has 0 radical (unpaired) electrons. The Balaban J connectivity index is 1.87. The highest BCUT2D eigenvalue weighted by Gasteiger charge is 2.27. The van der Waals surface area contributed by atoms with Gasteiger partial charge in [0.2, 0.25) is 5.91 Å². The van der Waals surface area contributed by atoms with Crippen LogP contribution in [0.3, 0.4) is 0 Å². The summed E-state index contributed by atoms with van der Waals surface area (Å²) in [6.07, 6.45) is 6.77. The van der Waals surface area contributed by atoms with Crippen molar-refractivity contribution in [1.29, 1.82) is 0 Å². The number of hydrogen-bond donors (Lipinski definition) is 1. The summed E-state index contributed by atoms with van der Waals surface area (Å²) < 4.78 is 0. The zero-order valence-corrected chi connectivity index (χ0v) is 8.74. The third-order valence-electron chi connectivity index (χ3n) is 3.10. The molecule has 0 aromatic carbocycles. The van der Waals surface area contributed by atoms with Crippen molar-refractivity contribution in [1.82, 2.24) is 5.32 Å². The molecule has 1 N–H and O–H groups in total. The van der Waals surface area contributed by atoms with E-state index >= 15 is 0 Å². The molecule has 2 fully saturated rings. The lowest BCUT2D eigenvalue weighted by molar-refractivity contribution is -0.119. The number of nitrogens with one attached hydrogen (secondary N) is 1. The Labute approximate surface area is 83.8 Å². The fourth-order valence-electron chi connectivity index (χ4n) is 2.36. The van der Waals surface area contributed by atoms with Crippen molar-refractivity contribution < 1.29 is 4.79 Å². The summed E-state index contributed by atoms with van der Waals surface area (Å²) in [5, 5.41) is 3.13. The average Bonchev–Trinajstić information content (AvgIpc) is 2.19. The second kappa shape index (κ2) is 4.36. The fraction of sp³-hybridized carbons (Fsp3) is 0.900. The lowest BCUT2D eigenvalue weighted by atomic mass is 9.84. The second-order valence-electron chi connectivity index (χ2n) is 4.09. The summed E-state index contributed by atoms with van der Waals surface area (Å²) in [7, 11) is 0. The monoisotopic (exact) mass is 199 g/mol. The number of rotatable bonds is 1. The quantitative estimate of drug-likeness (QED) is 0.697. The Morgan fingerprint density at radius 1 is 1.23 bits per heavy atom. The number of amides is 1. The molecule has 3 heteroatoms. The first-order chi connectivity index (χ1) is 6.36. The third kappa shape index (κ3) is 2.39. The van der Waals surface area contributed by atoms with Gasteiger partial charge in [-0.3, -0.25) is 4.79 Å². The summed E-state index contributed by atoms with van der Waals surface area (Å²) in [6.45, 7) is 0. The van der Waals surface area contributed by atoms with E-state index in [1.54, 1.807) is 11.8 Å². The van der Waals surface area contributed by atoms with Crippen LogP contribution in [0.25, 0.3) is 0 Å². The summed E-state index contributed by atoms with van der Waals surface area (Å²) in [5.74, 6) is 2.82. The topological polar surface area (TPSA) is 29.1 Å². The SMILES string of the molecule is O=C1CSCC(C2CCCCC2)N1. The molecule has 1 aliphatic carbocycles. The molecular weight excluding hydrogens is 182 g/mol. The van der Waals surface area contributed by atoms with Crippen LogP contribution in [0.1, 0.15) is 32.1 Å². The van der Waals surface area contributed by atoms with Crippen LogP contribution >= 0.6 is 11.8 Å². The van der Waals surface area contributed by atoms with Gasteiger partial charge < -0.3 is 5.32 Å². The first kappa shape index (κ1) is 9.38. The lowest BCUT2D eigenvalue weighted by Crippen LogP contribution is -2.46. The van der Waals surface area contributed by atoms with Crippen LogP contribution in [0.5, 0.6) is 0 Å². The Morgan fingerprint density at radius 2 is 2.00 bits per heavy atom. The minimum atomic E-state index is 0.242. The molecule has 13 heavy (non-hydrogen) atoms. The van der Waals surface area contributed by atoms with Gasteiger partial charge in [-0.15, -0.1) is 11.8 Å². The molecule has 0 aromatic heterocycles. The zero-order chi connectivity index (χ0) is 9.10. The molecule has 74 valence electrons. The van der Waals surface area contributed by atoms with E-state index in [-0.39, 0.29) is 5.91 Å². The van der Waals surface area contributed by atoms with Crippen molar-refractivity contribution in [2.24, 2.45) is 5.92 Å². The van der Waals surface area contributed by atoms with Crippen LogP contribution in [-0.4, -0.2) is 23.5 Å². The maximum Gasteiger partial charge on any atom is 0.230 e. The van der Waals surface area contributed by atoms with Gasteiger partial charge >= 0.3 is 0 Å². The molecular formula is C10H17NOS. The highest BCUT2D eigenvalue weighted by molar-refractivity contribution is 8.00. The largest absolute Gasteiger partial charge is 0.352 e. The van der Waals surface area contributed by atoms with Crippen LogP contribution in [-0.2, 0) is 4.79 Å². The second-order valence-corrected chi connectivity index (χ2v) is 5.12. The zero-order valence-electron chi connectivity index (χ0n) is 7.92. The van der Waals surface area contributed by atoms with E-state index in [1.807, 2.05) is 0 Å². The van der Waals surface area contributed by atoms with Crippen LogP contribution in [0.2, 0.25) is 0 Å². The van der Waals surface area contributed by atoms with E-state index in [2.05, 4.69) is 5.32 Å². The summed E-state index contributed by atoms with van der Waals surface area (Å²) in [6, 6.07) is 0.478. The van der Waals surface area contributed by atoms with Crippen molar-refractivity contribution in [3.05, 3.63) is 0 Å². The molecule has 2 rings (SSSR count). The maximum absolute atomic E-state index is 11.2. The number of hydrogen-bond acceptors (Lipinski definition) is 2. The van der Waals surface area contributed by atoms with Crippen molar-refractivity contribution in [2.45, 2.75) is 38.1 Å². The molecule has 1 heterocycles. The molecule has 1 amide bonds. The van der Waals surface area contributed by atoms with Gasteiger partial charge in [-0.2, -0.15) is 0 Å². The van der Waals surface area contributed by atoms with Crippen LogP contribution < -0.4 is 5.32 Å². The van der Waals surface area contributed by atoms with Gasteiger partial charge in [-0.25, -0.2) is 0 Å². The molecule has 2 nitrogen and oxygen atoms in total. The number of carbonyl (C=O) groups is 1. The van der Waals surface area contributed by atoms with Crippen LogP contribution in [0.15, 0.2) is 0 Å². The van der Waals surface area contributed by atoms with Gasteiger partial charge in [0, 0.05) is 11.8 Å². The molecule has 1 atom stereocenters. The van der Waals surface area contributed by atoms with E-state index in [0.29, 0.717) is 11.8 Å². The van der Waals surface area contributed by atoms with Crippen LogP contribution in [0.4, 0.5) is 0 Å². The van der Waals surface area contributed by atoms with Crippen molar-refractivity contribution in [3.63, 3.8) is 0 Å². The summed E-state index contributed by atoms with van der Waals surface area (Å²) >= 11 is 1.79. The molecule has 0 bridgehead atoms. The predicted molar refractivity (Wildman–Crippen MR) is 55.8 cm³/mol. The van der Waals surface area contributed by atoms with Crippen molar-refractivity contribution in [3.8, 4) is 0 Å². The van der Waals surface area contributed by atoms with E-state index in [4.69, 9.17) is 0 Å². The van der Waals surface area contributed by atoms with Gasteiger partial charge in [0.1, 0.15) is 0 Å². The van der Waals surface area contributed by atoms with Crippen molar-refractivity contribution in [2.75, 3.05) is 11.5 Å². The Kier molecular flexibility index (Phi) is 3.14. The first-order valence-electron chi connectivity index (χ1n) is 5.23. The molecule has 1 unspecified atom stereocenters. The molecule has 1 saturated heterocycles. The summed E-state index contributed by atoms with van der Waals surface area (Å²) in [5.41, 5.74) is 0. The molecule has 2 aliphatic rings. The average molecular weight is 199 g/mol. The third-order valence-corrected chi connectivity index (χ3v) is 4.16. The Bertz CT molecular complexity index is 189. The standard InChI is InChI=1S/C10H17NOS/c12-10-7-13-6-9(11-10)8-4-2-1-3-5-8/h8-9H,1-7H2,(H,11,12). The number of carbonyl (C=O) groups excluding carboxylic acids is 1. The fourth-order valence-corrected chi connectivity index (χ4v) is 3.36. The van der Waals surface area contributed by atoms with Crippen LogP contribution in [0, 0.1) is 5.92 Å². The van der Waals surface area contributed by atoms with Gasteiger partial charge in [0.15, 0.2) is 0 Å². The van der Waals surface area contributed by atoms with Crippen molar-refractivity contribution >= 4 is 17.7 Å². The normalized spacial score (nSPS) is 31.4. The summed E-state index contributed by atoms with van der Waals surface area (Å²) in [4.78, 5) is 11.2. The Hall–Kier alpha value is -0.180. The predicted octanol–water partition coefficient (Wildman–Crippen LogP) is 1.80. The minimum Gasteiger partial charge on any atom is -0.352 e. The van der Waals surface area contributed by atoms with E-state index < -0.39 is 0 Å². The van der Waals surface area contributed by atoms with Gasteiger partial charge in [-0.1, -0.05) is 19.3 Å². The molecule has 0 spiro atoms. The van der Waals surface area contributed by atoms with E-state index in [9.17, 15) is 4.79 Å². The lowest BCUT2D eigenvalue weighted by Gasteiger charge is -2.33. The van der Waals surface area contributed by atoms with Gasteiger partial charge in [0.25, 0.3) is 0 Å².